The van der Waals surface area contributed by atoms with Crippen LogP contribution in [0.1, 0.15) is 89.2 Å². The Hall–Kier alpha value is -8.89. The van der Waals surface area contributed by atoms with E-state index in [-0.39, 0.29) is 105 Å². The molecule has 9 rings (SSSR count). The van der Waals surface area contributed by atoms with Gasteiger partial charge in [0, 0.05) is 83.6 Å². The zero-order valence-electron chi connectivity index (χ0n) is 45.3. The molecule has 22 heteroatoms. The maximum atomic E-state index is 13.3. The van der Waals surface area contributed by atoms with Crippen LogP contribution < -0.4 is 37.9 Å². The monoisotopic (exact) mass is 1090 g/mol. The van der Waals surface area contributed by atoms with Crippen LogP contribution >= 0.6 is 0 Å². The summed E-state index contributed by atoms with van der Waals surface area (Å²) < 4.78 is 11.3. The Morgan fingerprint density at radius 2 is 1.60 bits per heavy atom. The van der Waals surface area contributed by atoms with Crippen LogP contribution in [0.4, 0.5) is 11.6 Å². The number of fused-ring (bicyclic) bond motifs is 6. The maximum absolute atomic E-state index is 13.3. The second kappa shape index (κ2) is 24.4. The van der Waals surface area contributed by atoms with E-state index in [1.807, 2.05) is 25.2 Å². The minimum absolute atomic E-state index is 0.0105. The first-order chi connectivity index (χ1) is 38.5. The second-order valence-corrected chi connectivity index (χ2v) is 20.0. The number of nitrogens with two attached hydrogens (primary N) is 1. The van der Waals surface area contributed by atoms with Crippen molar-refractivity contribution < 1.29 is 38.9 Å². The number of allylic oxidation sites excluding steroid dienone is 12. The van der Waals surface area contributed by atoms with Crippen molar-refractivity contribution in [2.45, 2.75) is 85.7 Å². The van der Waals surface area contributed by atoms with Crippen LogP contribution in [0.5, 0.6) is 0 Å². The number of benzene rings is 1. The smallest absolute Gasteiger partial charge is 0.326 e. The van der Waals surface area contributed by atoms with Crippen molar-refractivity contribution in [3.63, 3.8) is 0 Å². The Labute approximate surface area is 461 Å². The van der Waals surface area contributed by atoms with Crippen LogP contribution in [0.15, 0.2) is 154 Å². The first kappa shape index (κ1) is 55.9. The summed E-state index contributed by atoms with van der Waals surface area (Å²) in [5.74, 6) is -2.30. The fourth-order valence-corrected chi connectivity index (χ4v) is 10.5. The molecule has 3 amide bonds. The molecule has 3 atom stereocenters. The van der Waals surface area contributed by atoms with Gasteiger partial charge in [-0.25, -0.2) is 29.7 Å². The Kier molecular flexibility index (Phi) is 17.0. The Balaban J connectivity index is 0.687. The molecule has 0 saturated carbocycles. The molecular weight excluding hydrogens is 1020 g/mol. The molecule has 8 bridgehead atoms. The van der Waals surface area contributed by atoms with E-state index in [0.29, 0.717) is 30.8 Å². The van der Waals surface area contributed by atoms with E-state index >= 15 is 0 Å². The number of carbonyl (C=O) groups is 4. The van der Waals surface area contributed by atoms with E-state index in [4.69, 9.17) is 30.2 Å². The van der Waals surface area contributed by atoms with Crippen molar-refractivity contribution in [2.75, 3.05) is 50.6 Å². The lowest BCUT2D eigenvalue weighted by molar-refractivity contribution is -0.139. The van der Waals surface area contributed by atoms with Gasteiger partial charge in [0.25, 0.3) is 11.5 Å². The number of carbonyl (C=O) groups excluding carboxylic acids is 3. The number of aromatic nitrogens is 4. The van der Waals surface area contributed by atoms with Crippen LogP contribution in [0, 0.1) is 11.8 Å². The molecule has 1 fully saturated rings. The molecule has 1 aromatic carbocycles. The molecule has 0 spiro atoms. The number of aliphatic hydroxyl groups excluding tert-OH is 1. The maximum Gasteiger partial charge on any atom is 0.326 e. The summed E-state index contributed by atoms with van der Waals surface area (Å²) in [6.07, 6.45) is 11.1. The summed E-state index contributed by atoms with van der Waals surface area (Å²) in [6.45, 7) is 16.2. The first-order valence-corrected chi connectivity index (χ1v) is 26.7. The highest BCUT2D eigenvalue weighted by molar-refractivity contribution is 6.21. The first-order valence-electron chi connectivity index (χ1n) is 26.7. The van der Waals surface area contributed by atoms with Crippen LogP contribution in [0.2, 0.25) is 0 Å². The van der Waals surface area contributed by atoms with Gasteiger partial charge in [-0.2, -0.15) is 4.98 Å². The van der Waals surface area contributed by atoms with Crippen molar-refractivity contribution in [2.24, 2.45) is 26.8 Å². The van der Waals surface area contributed by atoms with Gasteiger partial charge in [0.05, 0.1) is 79.1 Å². The van der Waals surface area contributed by atoms with E-state index in [1.54, 1.807) is 12.1 Å². The Bertz CT molecular complexity index is 3520. The molecule has 80 heavy (non-hydrogen) atoms. The average Bonchev–Trinajstić information content (AvgIpc) is 4.32. The van der Waals surface area contributed by atoms with Gasteiger partial charge in [-0.05, 0) is 105 Å². The van der Waals surface area contributed by atoms with Gasteiger partial charge in [-0.3, -0.25) is 24.2 Å². The Morgan fingerprint density at radius 3 is 2.30 bits per heavy atom. The summed E-state index contributed by atoms with van der Waals surface area (Å²) in [4.78, 5) is 93.0. The zero-order chi connectivity index (χ0) is 56.8. The predicted molar refractivity (Wildman–Crippen MR) is 303 cm³/mol. The average molecular weight is 1090 g/mol. The van der Waals surface area contributed by atoms with Crippen molar-refractivity contribution in [3.05, 3.63) is 156 Å². The Morgan fingerprint density at radius 1 is 0.900 bits per heavy atom. The van der Waals surface area contributed by atoms with Gasteiger partial charge in [0.15, 0.2) is 11.2 Å². The lowest BCUT2D eigenvalue weighted by Crippen LogP contribution is -2.41. The number of rotatable bonds is 23. The number of nitrogens with zero attached hydrogens (tertiary/aromatic N) is 6. The predicted octanol–water partition coefficient (Wildman–Crippen LogP) is 5.77. The summed E-state index contributed by atoms with van der Waals surface area (Å²) in [7, 11) is 0. The third kappa shape index (κ3) is 12.2. The number of aliphatic carboxylic acids is 1. The molecular formula is C58H65N13O9. The van der Waals surface area contributed by atoms with Gasteiger partial charge < -0.3 is 52.0 Å². The number of aromatic amines is 1. The molecule has 1 aliphatic carbocycles. The number of nitrogen functional groups attached to an aromatic ring is 1. The zero-order valence-corrected chi connectivity index (χ0v) is 45.3. The van der Waals surface area contributed by atoms with Crippen molar-refractivity contribution in [1.29, 1.82) is 0 Å². The summed E-state index contributed by atoms with van der Waals surface area (Å²) in [5.41, 5.74) is 20.0. The quantitative estimate of drug-likeness (QED) is 0.0509. The summed E-state index contributed by atoms with van der Waals surface area (Å²) in [6, 6.07) is 4.98. The third-order valence-corrected chi connectivity index (χ3v) is 14.9. The highest BCUT2D eigenvalue weighted by atomic mass is 16.5. The van der Waals surface area contributed by atoms with E-state index in [9.17, 15) is 34.2 Å². The van der Waals surface area contributed by atoms with E-state index in [0.717, 1.165) is 91.1 Å². The molecule has 1 saturated heterocycles. The molecule has 3 aromatic rings. The van der Waals surface area contributed by atoms with E-state index < -0.39 is 29.4 Å². The number of aliphatic imine (C=N–C) groups is 3. The highest BCUT2D eigenvalue weighted by Gasteiger charge is 2.41. The fourth-order valence-electron chi connectivity index (χ4n) is 10.5. The molecule has 10 N–H and O–H groups in total. The largest absolute Gasteiger partial charge is 0.511 e. The number of carboxylic acids is 1. The van der Waals surface area contributed by atoms with E-state index in [1.165, 1.54) is 18.3 Å². The highest BCUT2D eigenvalue weighted by Crippen LogP contribution is 2.46. The van der Waals surface area contributed by atoms with Gasteiger partial charge in [0.1, 0.15) is 11.8 Å². The molecule has 1 unspecified atom stereocenters. The van der Waals surface area contributed by atoms with Crippen molar-refractivity contribution in [1.82, 2.24) is 41.2 Å². The van der Waals surface area contributed by atoms with Crippen LogP contribution in [-0.2, 0) is 30.4 Å². The van der Waals surface area contributed by atoms with Gasteiger partial charge >= 0.3 is 5.97 Å². The molecule has 22 nitrogen and oxygen atoms in total. The van der Waals surface area contributed by atoms with E-state index in [2.05, 4.69) is 86.9 Å². The number of carboxylic acid groups (broad SMARTS) is 1. The SMILES string of the molecule is C=CC1=C(C)C2=NC1=CC1=NC(=CC3=C(C)C4=C(O)CC(=C5NC(=C2)[C@@H](C)[C@@H]5CCC(=O)NCCOCCOCCNC(=O)CCC(NC(=O)c2ccc(NCc5cnc6nc(N)[nH]c(=O)c6n5)cc2)C(=O)O)C4=N3)C(CC)=C1C. The number of hydrogen-bond acceptors (Lipinski definition) is 17. The number of aliphatic hydroxyl groups is 1. The lowest BCUT2D eigenvalue weighted by Gasteiger charge is -2.18. The summed E-state index contributed by atoms with van der Waals surface area (Å²) >= 11 is 0. The summed E-state index contributed by atoms with van der Waals surface area (Å²) in [5, 5.41) is 36.2. The van der Waals surface area contributed by atoms with Crippen LogP contribution in [0.3, 0.4) is 0 Å². The molecule has 2 aromatic heterocycles. The topological polar surface area (TPSA) is 322 Å². The number of amides is 3. The minimum Gasteiger partial charge on any atom is -0.511 e. The van der Waals surface area contributed by atoms with Gasteiger partial charge in [0.2, 0.25) is 17.8 Å². The van der Waals surface area contributed by atoms with Crippen molar-refractivity contribution >= 4 is 63.6 Å². The standard InChI is InChI=1S/C58H65N13O9/c1-7-36-29(3)41-24-43-31(5)38(51(67-43)39-23-47(72)50-32(6)44(68-52(39)50)26-46-37(8-2)30(4)42(66-46)25-45(36)65-41)13-15-48(73)60-17-19-79-21-22-80-20-18-61-49(74)16-14-40(57(77)78)69-55(75)33-9-11-34(12-10-33)62-27-35-28-63-54-53(64-35)56(76)71-58(59)70-54/h7,9-12,24-26,28,31,38,40,62,67,72H,1,8,13-23,27H2,2-6H3,(H,60,73)(H,61,74)(H,69,75)(H,77,78)(H3,59,63,70,71,76)/t31-,38-,40?/m0/s1. The number of hydrogen-bond donors (Lipinski definition) is 9. The molecule has 0 radical (unpaired) electrons. The lowest BCUT2D eigenvalue weighted by atomic mass is 9.86. The molecule has 416 valence electrons. The number of H-pyrrole nitrogens is 1. The number of nitrogens with one attached hydrogen (secondary N) is 6. The molecule has 6 aliphatic rings. The van der Waals surface area contributed by atoms with Crippen LogP contribution in [0.25, 0.3) is 11.2 Å². The minimum atomic E-state index is -1.31. The van der Waals surface area contributed by atoms with Gasteiger partial charge in [-0.15, -0.1) is 0 Å². The second-order valence-electron chi connectivity index (χ2n) is 20.0. The van der Waals surface area contributed by atoms with Crippen molar-refractivity contribution in [3.8, 4) is 0 Å². The fraction of sp³-hybridized carbons (Fsp3) is 0.362. The number of ether oxygens (including phenoxy) is 2. The van der Waals surface area contributed by atoms with Gasteiger partial charge in [-0.1, -0.05) is 26.5 Å². The molecule has 5 aliphatic heterocycles. The van der Waals surface area contributed by atoms with Crippen LogP contribution in [-0.4, -0.2) is 117 Å². The molecule has 7 heterocycles. The normalized spacial score (nSPS) is 18.7. The number of anilines is 2. The third-order valence-electron chi connectivity index (χ3n) is 14.9.